The van der Waals surface area contributed by atoms with Gasteiger partial charge in [-0.15, -0.1) is 5.10 Å². The van der Waals surface area contributed by atoms with Crippen molar-refractivity contribution in [3.05, 3.63) is 36.0 Å². The number of amidine groups is 1. The van der Waals surface area contributed by atoms with Gasteiger partial charge in [-0.05, 0) is 13.0 Å². The summed E-state index contributed by atoms with van der Waals surface area (Å²) in [6.45, 7) is 1.90. The number of nitrogens with one attached hydrogen (secondary N) is 2. The van der Waals surface area contributed by atoms with Crippen LogP contribution in [0.1, 0.15) is 12.5 Å². The first-order valence-electron chi connectivity index (χ1n) is 5.85. The quantitative estimate of drug-likeness (QED) is 0.649. The Balaban J connectivity index is 1.91. The fraction of sp³-hybridized carbons (Fsp3) is 0.154. The summed E-state index contributed by atoms with van der Waals surface area (Å²) in [5.74, 6) is 0.393. The molecule has 96 valence electrons. The van der Waals surface area contributed by atoms with Crippen molar-refractivity contribution >= 4 is 39.5 Å². The summed E-state index contributed by atoms with van der Waals surface area (Å²) < 4.78 is 0. The van der Waals surface area contributed by atoms with Crippen LogP contribution < -0.4 is 5.32 Å². The molecule has 1 amide bonds. The smallest absolute Gasteiger partial charge is 0.236 e. The highest BCUT2D eigenvalue weighted by atomic mass is 32.2. The van der Waals surface area contributed by atoms with Gasteiger partial charge in [-0.2, -0.15) is 5.10 Å². The van der Waals surface area contributed by atoms with Gasteiger partial charge in [-0.3, -0.25) is 4.79 Å². The van der Waals surface area contributed by atoms with Crippen LogP contribution in [-0.4, -0.2) is 27.5 Å². The number of rotatable bonds is 2. The molecule has 19 heavy (non-hydrogen) atoms. The van der Waals surface area contributed by atoms with Gasteiger partial charge in [0.25, 0.3) is 0 Å². The molecule has 0 unspecified atom stereocenters. The van der Waals surface area contributed by atoms with E-state index in [0.29, 0.717) is 10.9 Å². The number of amides is 1. The number of benzene rings is 1. The molecule has 3 rings (SSSR count). The second kappa shape index (κ2) is 4.89. The van der Waals surface area contributed by atoms with E-state index < -0.39 is 0 Å². The average molecular weight is 272 g/mol. The fourth-order valence-corrected chi connectivity index (χ4v) is 2.55. The molecule has 1 fully saturated rings. The monoisotopic (exact) mass is 272 g/mol. The molecule has 0 aliphatic carbocycles. The molecule has 1 aromatic carbocycles. The fourth-order valence-electron chi connectivity index (χ4n) is 1.92. The number of carbonyl (C=O) groups is 1. The zero-order valence-corrected chi connectivity index (χ0v) is 11.1. The number of para-hydroxylation sites is 1. The second-order valence-corrected chi connectivity index (χ2v) is 5.14. The Hall–Kier alpha value is -2.08. The normalized spacial score (nSPS) is 18.3. The van der Waals surface area contributed by atoms with Gasteiger partial charge in [0.2, 0.25) is 5.91 Å². The lowest BCUT2D eigenvalue weighted by Gasteiger charge is -1.96. The molecule has 2 N–H and O–H groups in total. The largest absolute Gasteiger partial charge is 0.360 e. The number of hydrogen-bond acceptors (Lipinski definition) is 4. The number of aromatic amines is 1. The third-order valence-electron chi connectivity index (χ3n) is 2.86. The van der Waals surface area contributed by atoms with Crippen molar-refractivity contribution < 1.29 is 4.79 Å². The van der Waals surface area contributed by atoms with E-state index in [1.54, 1.807) is 0 Å². The standard InChI is InChI=1S/C13H12N4OS/c1-8(16-17-13-15-12(18)7-19-13)10-6-14-11-5-3-2-4-9(10)11/h2-6,14H,7H2,1H3,(H,15,17,18)/b16-8-. The van der Waals surface area contributed by atoms with Gasteiger partial charge in [0.05, 0.1) is 11.5 Å². The molecule has 1 aliphatic heterocycles. The van der Waals surface area contributed by atoms with E-state index in [1.165, 1.54) is 11.8 Å². The summed E-state index contributed by atoms with van der Waals surface area (Å²) in [6, 6.07) is 8.04. The maximum Gasteiger partial charge on any atom is 0.236 e. The highest BCUT2D eigenvalue weighted by Crippen LogP contribution is 2.18. The molecule has 0 radical (unpaired) electrons. The van der Waals surface area contributed by atoms with Crippen molar-refractivity contribution in [3.8, 4) is 0 Å². The minimum atomic E-state index is -0.0244. The van der Waals surface area contributed by atoms with Crippen molar-refractivity contribution in [2.75, 3.05) is 5.75 Å². The van der Waals surface area contributed by atoms with Crippen LogP contribution in [0, 0.1) is 0 Å². The molecule has 0 saturated carbocycles. The topological polar surface area (TPSA) is 69.6 Å². The van der Waals surface area contributed by atoms with Gasteiger partial charge >= 0.3 is 0 Å². The highest BCUT2D eigenvalue weighted by molar-refractivity contribution is 8.15. The number of nitrogens with zero attached hydrogens (tertiary/aromatic N) is 2. The number of aromatic nitrogens is 1. The summed E-state index contributed by atoms with van der Waals surface area (Å²) in [6.07, 6.45) is 1.92. The third kappa shape index (κ3) is 2.39. The molecular weight excluding hydrogens is 260 g/mol. The zero-order valence-electron chi connectivity index (χ0n) is 10.3. The number of carbonyl (C=O) groups excluding carboxylic acids is 1. The van der Waals surface area contributed by atoms with Crippen LogP contribution in [0.5, 0.6) is 0 Å². The number of H-pyrrole nitrogens is 1. The molecule has 0 spiro atoms. The Bertz CT molecular complexity index is 701. The Morgan fingerprint density at radius 2 is 2.21 bits per heavy atom. The molecule has 1 saturated heterocycles. The third-order valence-corrected chi connectivity index (χ3v) is 3.72. The molecule has 2 aromatic rings. The Kier molecular flexibility index (Phi) is 3.08. The van der Waals surface area contributed by atoms with Gasteiger partial charge < -0.3 is 10.3 Å². The second-order valence-electron chi connectivity index (χ2n) is 4.18. The molecular formula is C13H12N4OS. The predicted molar refractivity (Wildman–Crippen MR) is 78.5 cm³/mol. The first kappa shape index (κ1) is 12.0. The zero-order chi connectivity index (χ0) is 13.2. The Morgan fingerprint density at radius 1 is 1.37 bits per heavy atom. The van der Waals surface area contributed by atoms with Gasteiger partial charge in [-0.25, -0.2) is 0 Å². The lowest BCUT2D eigenvalue weighted by atomic mass is 10.1. The van der Waals surface area contributed by atoms with Crippen molar-refractivity contribution in [1.29, 1.82) is 0 Å². The molecule has 1 aromatic heterocycles. The highest BCUT2D eigenvalue weighted by Gasteiger charge is 2.16. The van der Waals surface area contributed by atoms with E-state index in [0.717, 1.165) is 22.2 Å². The predicted octanol–water partition coefficient (Wildman–Crippen LogP) is 2.11. The minimum absolute atomic E-state index is 0.0244. The maximum absolute atomic E-state index is 11.0. The average Bonchev–Trinajstić information content (AvgIpc) is 3.02. The number of thioether (sulfide) groups is 1. The first-order chi connectivity index (χ1) is 9.24. The van der Waals surface area contributed by atoms with E-state index in [2.05, 4.69) is 20.5 Å². The molecule has 2 heterocycles. The van der Waals surface area contributed by atoms with Gasteiger partial charge in [0.1, 0.15) is 0 Å². The van der Waals surface area contributed by atoms with Crippen molar-refractivity contribution in [3.63, 3.8) is 0 Å². The van der Waals surface area contributed by atoms with Crippen LogP contribution in [0.4, 0.5) is 0 Å². The minimum Gasteiger partial charge on any atom is -0.360 e. The van der Waals surface area contributed by atoms with E-state index >= 15 is 0 Å². The van der Waals surface area contributed by atoms with Crippen molar-refractivity contribution in [2.45, 2.75) is 6.92 Å². The van der Waals surface area contributed by atoms with Gasteiger partial charge in [0.15, 0.2) is 5.17 Å². The molecule has 0 bridgehead atoms. The molecule has 6 heteroatoms. The van der Waals surface area contributed by atoms with Crippen molar-refractivity contribution in [1.82, 2.24) is 10.3 Å². The van der Waals surface area contributed by atoms with E-state index in [4.69, 9.17) is 0 Å². The van der Waals surface area contributed by atoms with Gasteiger partial charge in [0, 0.05) is 22.7 Å². The summed E-state index contributed by atoms with van der Waals surface area (Å²) in [5, 5.41) is 12.6. The lowest BCUT2D eigenvalue weighted by Crippen LogP contribution is -2.19. The maximum atomic E-state index is 11.0. The van der Waals surface area contributed by atoms with Crippen LogP contribution in [0.3, 0.4) is 0 Å². The van der Waals surface area contributed by atoms with Crippen molar-refractivity contribution in [2.24, 2.45) is 10.2 Å². The van der Waals surface area contributed by atoms with E-state index in [9.17, 15) is 4.79 Å². The molecule has 1 aliphatic rings. The Labute approximate surface area is 114 Å². The summed E-state index contributed by atoms with van der Waals surface area (Å²) in [7, 11) is 0. The van der Waals surface area contributed by atoms with Crippen LogP contribution in [0.25, 0.3) is 10.9 Å². The number of hydrogen-bond donors (Lipinski definition) is 2. The SMILES string of the molecule is C/C(=N/N=C1NC(=O)CS1)c1c[nH]c2ccccc12. The Morgan fingerprint density at radius 3 is 3.00 bits per heavy atom. The van der Waals surface area contributed by atoms with Crippen LogP contribution in [0.2, 0.25) is 0 Å². The summed E-state index contributed by atoms with van der Waals surface area (Å²) in [4.78, 5) is 14.2. The van der Waals surface area contributed by atoms with Gasteiger partial charge in [-0.1, -0.05) is 30.0 Å². The molecule has 0 atom stereocenters. The first-order valence-corrected chi connectivity index (χ1v) is 6.84. The molecule has 5 nitrogen and oxygen atoms in total. The number of fused-ring (bicyclic) bond motifs is 1. The van der Waals surface area contributed by atoms with Crippen LogP contribution in [0.15, 0.2) is 40.7 Å². The van der Waals surface area contributed by atoms with E-state index in [-0.39, 0.29) is 5.91 Å². The van der Waals surface area contributed by atoms with Crippen LogP contribution >= 0.6 is 11.8 Å². The lowest BCUT2D eigenvalue weighted by molar-refractivity contribution is -0.116. The van der Waals surface area contributed by atoms with E-state index in [1.807, 2.05) is 37.4 Å². The summed E-state index contributed by atoms with van der Waals surface area (Å²) in [5.41, 5.74) is 2.91. The summed E-state index contributed by atoms with van der Waals surface area (Å²) >= 11 is 1.37. The van der Waals surface area contributed by atoms with Crippen LogP contribution in [-0.2, 0) is 4.79 Å².